The highest BCUT2D eigenvalue weighted by molar-refractivity contribution is 6.46. The lowest BCUT2D eigenvalue weighted by atomic mass is 9.94. The summed E-state index contributed by atoms with van der Waals surface area (Å²) in [6.45, 7) is 4.73. The van der Waals surface area contributed by atoms with Crippen LogP contribution >= 0.6 is 0 Å². The van der Waals surface area contributed by atoms with Crippen LogP contribution in [0.5, 0.6) is 11.5 Å². The third kappa shape index (κ3) is 4.92. The van der Waals surface area contributed by atoms with Gasteiger partial charge in [0, 0.05) is 12.1 Å². The average molecular weight is 472 g/mol. The summed E-state index contributed by atoms with van der Waals surface area (Å²) in [5.41, 5.74) is 3.25. The number of methoxy groups -OCH3 is 1. The Bertz CT molecular complexity index is 1230. The maximum absolute atomic E-state index is 13.2. The number of aliphatic hydroxyl groups is 1. The van der Waals surface area contributed by atoms with Crippen molar-refractivity contribution in [2.24, 2.45) is 0 Å². The second-order valence-electron chi connectivity index (χ2n) is 8.33. The number of rotatable bonds is 8. The molecule has 0 saturated carbocycles. The van der Waals surface area contributed by atoms with Crippen LogP contribution in [-0.2, 0) is 22.6 Å². The zero-order valence-corrected chi connectivity index (χ0v) is 20.2. The van der Waals surface area contributed by atoms with E-state index >= 15 is 0 Å². The number of likely N-dealkylation sites (tertiary alicyclic amines) is 1. The topological polar surface area (TPSA) is 76.1 Å². The fourth-order valence-corrected chi connectivity index (χ4v) is 4.28. The molecule has 1 aliphatic heterocycles. The van der Waals surface area contributed by atoms with E-state index in [1.807, 2.05) is 62.4 Å². The van der Waals surface area contributed by atoms with Gasteiger partial charge in [-0.2, -0.15) is 0 Å². The molecule has 1 atom stereocenters. The van der Waals surface area contributed by atoms with Crippen molar-refractivity contribution in [1.82, 2.24) is 4.90 Å². The lowest BCUT2D eigenvalue weighted by Crippen LogP contribution is -2.29. The molecular weight excluding hydrogens is 442 g/mol. The van der Waals surface area contributed by atoms with Crippen molar-refractivity contribution in [1.29, 1.82) is 0 Å². The molecule has 1 fully saturated rings. The fraction of sp³-hybridized carbons (Fsp3) is 0.241. The van der Waals surface area contributed by atoms with Crippen molar-refractivity contribution >= 4 is 17.4 Å². The summed E-state index contributed by atoms with van der Waals surface area (Å²) < 4.78 is 10.8. The van der Waals surface area contributed by atoms with Crippen molar-refractivity contribution in [2.75, 3.05) is 13.7 Å². The Hall–Kier alpha value is -4.06. The predicted molar refractivity (Wildman–Crippen MR) is 134 cm³/mol. The van der Waals surface area contributed by atoms with Crippen LogP contribution < -0.4 is 9.47 Å². The number of amides is 1. The Morgan fingerprint density at radius 3 is 2.03 bits per heavy atom. The molecule has 1 N–H and O–H groups in total. The van der Waals surface area contributed by atoms with Crippen LogP contribution in [0, 0.1) is 0 Å². The Kier molecular flexibility index (Phi) is 7.20. The van der Waals surface area contributed by atoms with Gasteiger partial charge in [-0.05, 0) is 54.3 Å². The molecule has 6 heteroatoms. The number of aliphatic hydroxyl groups excluding tert-OH is 1. The molecule has 6 nitrogen and oxygen atoms in total. The highest BCUT2D eigenvalue weighted by Crippen LogP contribution is 2.40. The van der Waals surface area contributed by atoms with Crippen LogP contribution in [0.3, 0.4) is 0 Å². The third-order valence-corrected chi connectivity index (χ3v) is 6.19. The standard InChI is InChI=1S/C29H29NO5/c1-4-19-6-10-22(11-7-19)27(31)25-26(21-12-16-23(34-3)17-13-21)30(29(33)28(25)32)18-20-8-14-24(15-9-20)35-5-2/h6-17,26,31H,4-5,18H2,1-3H3/b27-25-. The molecule has 4 rings (SSSR count). The van der Waals surface area contributed by atoms with Crippen LogP contribution in [0.4, 0.5) is 0 Å². The van der Waals surface area contributed by atoms with Crippen LogP contribution in [0.2, 0.25) is 0 Å². The normalized spacial score (nSPS) is 17.0. The molecule has 1 unspecified atom stereocenters. The van der Waals surface area contributed by atoms with E-state index < -0.39 is 17.7 Å². The van der Waals surface area contributed by atoms with Crippen LogP contribution in [-0.4, -0.2) is 35.4 Å². The van der Waals surface area contributed by atoms with E-state index in [0.717, 1.165) is 23.3 Å². The van der Waals surface area contributed by atoms with Crippen LogP contribution in [0.25, 0.3) is 5.76 Å². The monoisotopic (exact) mass is 471 g/mol. The SMILES string of the molecule is CCOc1ccc(CN2C(=O)C(=O)/C(=C(\O)c3ccc(CC)cc3)C2c2ccc(OC)cc2)cc1. The average Bonchev–Trinajstić information content (AvgIpc) is 3.14. The van der Waals surface area contributed by atoms with E-state index in [9.17, 15) is 14.7 Å². The van der Waals surface area contributed by atoms with E-state index in [2.05, 4.69) is 0 Å². The Labute approximate surface area is 205 Å². The molecule has 0 aromatic heterocycles. The van der Waals surface area contributed by atoms with Gasteiger partial charge >= 0.3 is 0 Å². The molecule has 1 heterocycles. The summed E-state index contributed by atoms with van der Waals surface area (Å²) in [5.74, 6) is -0.130. The number of carbonyl (C=O) groups excluding carboxylic acids is 2. The largest absolute Gasteiger partial charge is 0.507 e. The molecular formula is C29H29NO5. The minimum absolute atomic E-state index is 0.0790. The number of ketones is 1. The zero-order valence-electron chi connectivity index (χ0n) is 20.2. The second kappa shape index (κ2) is 10.5. The van der Waals surface area contributed by atoms with Gasteiger partial charge in [-0.25, -0.2) is 0 Å². The maximum Gasteiger partial charge on any atom is 0.295 e. The summed E-state index contributed by atoms with van der Waals surface area (Å²) >= 11 is 0. The summed E-state index contributed by atoms with van der Waals surface area (Å²) in [6, 6.07) is 21.3. The van der Waals surface area contributed by atoms with E-state index in [1.165, 1.54) is 4.90 Å². The van der Waals surface area contributed by atoms with Crippen molar-refractivity contribution in [3.05, 3.63) is 101 Å². The molecule has 0 bridgehead atoms. The molecule has 35 heavy (non-hydrogen) atoms. The minimum Gasteiger partial charge on any atom is -0.507 e. The van der Waals surface area contributed by atoms with E-state index in [4.69, 9.17) is 9.47 Å². The molecule has 0 aliphatic carbocycles. The lowest BCUT2D eigenvalue weighted by Gasteiger charge is -2.25. The van der Waals surface area contributed by atoms with Crippen LogP contribution in [0.1, 0.15) is 42.1 Å². The molecule has 1 amide bonds. The number of Topliss-reactive ketones (excluding diaryl/α,β-unsaturated/α-hetero) is 1. The number of hydrogen-bond donors (Lipinski definition) is 1. The number of carbonyl (C=O) groups is 2. The van der Waals surface area contributed by atoms with E-state index in [-0.39, 0.29) is 17.9 Å². The first-order chi connectivity index (χ1) is 17.0. The predicted octanol–water partition coefficient (Wildman–Crippen LogP) is 5.28. The lowest BCUT2D eigenvalue weighted by molar-refractivity contribution is -0.140. The van der Waals surface area contributed by atoms with Gasteiger partial charge < -0.3 is 19.5 Å². The van der Waals surface area contributed by atoms with E-state index in [0.29, 0.717) is 23.5 Å². The first kappa shape index (κ1) is 24.1. The van der Waals surface area contributed by atoms with Gasteiger partial charge in [-0.3, -0.25) is 9.59 Å². The van der Waals surface area contributed by atoms with Gasteiger partial charge in [-0.15, -0.1) is 0 Å². The number of aryl methyl sites for hydroxylation is 1. The van der Waals surface area contributed by atoms with Crippen LogP contribution in [0.15, 0.2) is 78.4 Å². The maximum atomic E-state index is 13.2. The fourth-order valence-electron chi connectivity index (χ4n) is 4.28. The van der Waals surface area contributed by atoms with Gasteiger partial charge in [0.1, 0.15) is 17.3 Å². The highest BCUT2D eigenvalue weighted by Gasteiger charge is 2.46. The molecule has 3 aromatic carbocycles. The highest BCUT2D eigenvalue weighted by atomic mass is 16.5. The first-order valence-electron chi connectivity index (χ1n) is 11.7. The molecule has 3 aromatic rings. The molecule has 1 aliphatic rings. The van der Waals surface area contributed by atoms with Crippen molar-refractivity contribution in [3.8, 4) is 11.5 Å². The van der Waals surface area contributed by atoms with Gasteiger partial charge in [0.25, 0.3) is 11.7 Å². The van der Waals surface area contributed by atoms with Gasteiger partial charge in [-0.1, -0.05) is 55.5 Å². The number of ether oxygens (including phenoxy) is 2. The van der Waals surface area contributed by atoms with Crippen molar-refractivity contribution < 1.29 is 24.2 Å². The van der Waals surface area contributed by atoms with Gasteiger partial charge in [0.15, 0.2) is 0 Å². The minimum atomic E-state index is -0.738. The van der Waals surface area contributed by atoms with E-state index in [1.54, 1.807) is 31.4 Å². The second-order valence-corrected chi connectivity index (χ2v) is 8.33. The van der Waals surface area contributed by atoms with Gasteiger partial charge in [0.2, 0.25) is 0 Å². The van der Waals surface area contributed by atoms with Crippen molar-refractivity contribution in [3.63, 3.8) is 0 Å². The third-order valence-electron chi connectivity index (χ3n) is 6.19. The molecule has 180 valence electrons. The summed E-state index contributed by atoms with van der Waals surface area (Å²) in [7, 11) is 1.58. The number of benzene rings is 3. The summed E-state index contributed by atoms with van der Waals surface area (Å²) in [5, 5.41) is 11.2. The molecule has 1 saturated heterocycles. The summed E-state index contributed by atoms with van der Waals surface area (Å²) in [6.07, 6.45) is 0.860. The summed E-state index contributed by atoms with van der Waals surface area (Å²) in [4.78, 5) is 28.0. The van der Waals surface area contributed by atoms with Gasteiger partial charge in [0.05, 0.1) is 25.3 Å². The first-order valence-corrected chi connectivity index (χ1v) is 11.7. The Balaban J connectivity index is 1.78. The molecule has 0 radical (unpaired) electrons. The zero-order chi connectivity index (χ0) is 24.9. The smallest absolute Gasteiger partial charge is 0.295 e. The Morgan fingerprint density at radius 1 is 0.857 bits per heavy atom. The Morgan fingerprint density at radius 2 is 1.46 bits per heavy atom. The van der Waals surface area contributed by atoms with Crippen molar-refractivity contribution in [2.45, 2.75) is 32.9 Å². The number of hydrogen-bond acceptors (Lipinski definition) is 5. The molecule has 0 spiro atoms. The quantitative estimate of drug-likeness (QED) is 0.275. The number of nitrogens with zero attached hydrogens (tertiary/aromatic N) is 1.